The number of benzene rings is 1. The van der Waals surface area contributed by atoms with E-state index in [0.717, 1.165) is 26.1 Å². The molecule has 0 aliphatic carbocycles. The van der Waals surface area contributed by atoms with E-state index in [0.29, 0.717) is 6.61 Å². The second-order valence-electron chi connectivity index (χ2n) is 4.86. The molecule has 1 fully saturated rings. The molecule has 0 aromatic heterocycles. The Bertz CT molecular complexity index is 445. The summed E-state index contributed by atoms with van der Waals surface area (Å²) in [6.45, 7) is 3.36. The van der Waals surface area contributed by atoms with Crippen LogP contribution in [-0.4, -0.2) is 31.1 Å². The smallest absolute Gasteiger partial charge is 0.421 e. The molecule has 2 rings (SSSR count). The lowest BCUT2D eigenvalue weighted by Gasteiger charge is -2.17. The van der Waals surface area contributed by atoms with Gasteiger partial charge in [0.25, 0.3) is 0 Å². The predicted molar refractivity (Wildman–Crippen MR) is 74.9 cm³/mol. The largest absolute Gasteiger partial charge is 0.493 e. The summed E-state index contributed by atoms with van der Waals surface area (Å²) in [5.74, 6) is -0.103. The van der Waals surface area contributed by atoms with E-state index in [9.17, 15) is 13.2 Å². The normalized spacial score (nSPS) is 16.6. The average molecular weight is 352 g/mol. The van der Waals surface area contributed by atoms with Crippen LogP contribution in [0.4, 0.5) is 13.2 Å². The van der Waals surface area contributed by atoms with Crippen molar-refractivity contribution in [1.82, 2.24) is 4.90 Å². The molecule has 2 nitrogen and oxygen atoms in total. The average Bonchev–Trinajstić information content (AvgIpc) is 2.86. The molecule has 0 radical (unpaired) electrons. The second kappa shape index (κ2) is 6.80. The molecule has 20 heavy (non-hydrogen) atoms. The van der Waals surface area contributed by atoms with E-state index in [-0.39, 0.29) is 10.2 Å². The van der Waals surface area contributed by atoms with E-state index < -0.39 is 11.7 Å². The minimum absolute atomic E-state index is 0.0158. The summed E-state index contributed by atoms with van der Waals surface area (Å²) in [6, 6.07) is 4.29. The molecule has 0 atom stereocenters. The third-order valence-electron chi connectivity index (χ3n) is 3.33. The molecular weight excluding hydrogens is 335 g/mol. The van der Waals surface area contributed by atoms with Crippen molar-refractivity contribution in [2.45, 2.75) is 25.4 Å². The maximum absolute atomic E-state index is 12.9. The molecule has 0 amide bonds. The number of hydrogen-bond acceptors (Lipinski definition) is 2. The van der Waals surface area contributed by atoms with Gasteiger partial charge in [0.15, 0.2) is 0 Å². The molecule has 112 valence electrons. The van der Waals surface area contributed by atoms with Crippen LogP contribution < -0.4 is 4.74 Å². The first-order chi connectivity index (χ1) is 9.48. The number of likely N-dealkylation sites (tertiary alicyclic amines) is 1. The Hall–Kier alpha value is -0.750. The Labute approximate surface area is 125 Å². The van der Waals surface area contributed by atoms with Crippen molar-refractivity contribution in [3.63, 3.8) is 0 Å². The zero-order valence-corrected chi connectivity index (χ0v) is 12.6. The summed E-state index contributed by atoms with van der Waals surface area (Å²) >= 11 is 2.94. The van der Waals surface area contributed by atoms with Crippen LogP contribution in [0.3, 0.4) is 0 Å². The van der Waals surface area contributed by atoms with Gasteiger partial charge in [-0.1, -0.05) is 22.0 Å². The van der Waals surface area contributed by atoms with Crippen molar-refractivity contribution in [2.24, 2.45) is 0 Å². The minimum Gasteiger partial charge on any atom is -0.493 e. The molecule has 0 N–H and O–H groups in total. The van der Waals surface area contributed by atoms with E-state index in [4.69, 9.17) is 4.74 Å². The maximum atomic E-state index is 12.9. The summed E-state index contributed by atoms with van der Waals surface area (Å²) in [6.07, 6.45) is -1.25. The highest BCUT2D eigenvalue weighted by Crippen LogP contribution is 2.40. The number of alkyl halides is 3. The van der Waals surface area contributed by atoms with Crippen LogP contribution in [0.15, 0.2) is 22.7 Å². The van der Waals surface area contributed by atoms with Crippen LogP contribution in [0.25, 0.3) is 0 Å². The Morgan fingerprint density at radius 2 is 1.90 bits per heavy atom. The first-order valence-electron chi connectivity index (χ1n) is 6.69. The maximum Gasteiger partial charge on any atom is 0.421 e. The van der Waals surface area contributed by atoms with E-state index >= 15 is 0 Å². The molecule has 1 aromatic rings. The van der Waals surface area contributed by atoms with Gasteiger partial charge < -0.3 is 9.64 Å². The minimum atomic E-state index is -4.41. The quantitative estimate of drug-likeness (QED) is 0.732. The van der Waals surface area contributed by atoms with Gasteiger partial charge >= 0.3 is 6.18 Å². The summed E-state index contributed by atoms with van der Waals surface area (Å²) < 4.78 is 44.2. The monoisotopic (exact) mass is 351 g/mol. The summed E-state index contributed by atoms with van der Waals surface area (Å²) in [7, 11) is 0. The summed E-state index contributed by atoms with van der Waals surface area (Å²) in [5, 5.41) is 0. The molecule has 1 aliphatic heterocycles. The van der Waals surface area contributed by atoms with Crippen LogP contribution in [0, 0.1) is 0 Å². The molecule has 1 heterocycles. The zero-order chi connectivity index (χ0) is 14.6. The van der Waals surface area contributed by atoms with Crippen molar-refractivity contribution in [3.05, 3.63) is 28.2 Å². The van der Waals surface area contributed by atoms with Gasteiger partial charge in [0.05, 0.1) is 6.61 Å². The standard InChI is InChI=1S/C14H17BrF3NO/c15-11-5-3-6-12(13(11)14(16,17)18)20-10-4-9-19-7-1-2-8-19/h3,5-6H,1-2,4,7-10H2. The van der Waals surface area contributed by atoms with Crippen molar-refractivity contribution in [3.8, 4) is 5.75 Å². The van der Waals surface area contributed by atoms with Crippen LogP contribution in [-0.2, 0) is 6.18 Å². The fourth-order valence-corrected chi connectivity index (χ4v) is 2.95. The Kier molecular flexibility index (Phi) is 5.32. The molecule has 1 aromatic carbocycles. The lowest BCUT2D eigenvalue weighted by molar-refractivity contribution is -0.139. The fourth-order valence-electron chi connectivity index (χ4n) is 2.38. The summed E-state index contributed by atoms with van der Waals surface area (Å²) in [5.41, 5.74) is -0.735. The van der Waals surface area contributed by atoms with Crippen molar-refractivity contribution in [1.29, 1.82) is 0 Å². The van der Waals surface area contributed by atoms with E-state index in [1.165, 1.54) is 25.0 Å². The van der Waals surface area contributed by atoms with Gasteiger partial charge in [-0.15, -0.1) is 0 Å². The number of halogens is 4. The third-order valence-corrected chi connectivity index (χ3v) is 3.99. The number of hydrogen-bond donors (Lipinski definition) is 0. The topological polar surface area (TPSA) is 12.5 Å². The molecular formula is C14H17BrF3NO. The van der Waals surface area contributed by atoms with Gasteiger partial charge in [-0.2, -0.15) is 13.2 Å². The molecule has 0 saturated carbocycles. The number of rotatable bonds is 5. The highest BCUT2D eigenvalue weighted by molar-refractivity contribution is 9.10. The summed E-state index contributed by atoms with van der Waals surface area (Å²) in [4.78, 5) is 2.31. The lowest BCUT2D eigenvalue weighted by Crippen LogP contribution is -2.22. The van der Waals surface area contributed by atoms with Gasteiger partial charge in [0, 0.05) is 11.0 Å². The molecule has 6 heteroatoms. The molecule has 0 bridgehead atoms. The fraction of sp³-hybridized carbons (Fsp3) is 0.571. The molecule has 1 aliphatic rings. The SMILES string of the molecule is FC(F)(F)c1c(Br)cccc1OCCCN1CCCC1. The third kappa shape index (κ3) is 4.12. The van der Waals surface area contributed by atoms with E-state index in [1.54, 1.807) is 6.07 Å². The number of nitrogens with zero attached hydrogens (tertiary/aromatic N) is 1. The highest BCUT2D eigenvalue weighted by atomic mass is 79.9. The molecule has 1 saturated heterocycles. The number of ether oxygens (including phenoxy) is 1. The zero-order valence-electron chi connectivity index (χ0n) is 11.0. The van der Waals surface area contributed by atoms with E-state index in [2.05, 4.69) is 20.8 Å². The highest BCUT2D eigenvalue weighted by Gasteiger charge is 2.36. The first kappa shape index (κ1) is 15.6. The lowest BCUT2D eigenvalue weighted by atomic mass is 10.2. The first-order valence-corrected chi connectivity index (χ1v) is 7.48. The van der Waals surface area contributed by atoms with Crippen molar-refractivity contribution < 1.29 is 17.9 Å². The van der Waals surface area contributed by atoms with Gasteiger partial charge in [0.2, 0.25) is 0 Å². The van der Waals surface area contributed by atoms with E-state index in [1.807, 2.05) is 0 Å². The van der Waals surface area contributed by atoms with Crippen LogP contribution in [0.2, 0.25) is 0 Å². The Morgan fingerprint density at radius 3 is 2.55 bits per heavy atom. The van der Waals surface area contributed by atoms with Gasteiger partial charge in [-0.05, 0) is 44.5 Å². The van der Waals surface area contributed by atoms with Crippen LogP contribution in [0.1, 0.15) is 24.8 Å². The van der Waals surface area contributed by atoms with Gasteiger partial charge in [-0.3, -0.25) is 0 Å². The second-order valence-corrected chi connectivity index (χ2v) is 5.72. The Balaban J connectivity index is 1.90. The predicted octanol–water partition coefficient (Wildman–Crippen LogP) is 4.33. The Morgan fingerprint density at radius 1 is 1.20 bits per heavy atom. The van der Waals surface area contributed by atoms with Crippen LogP contribution >= 0.6 is 15.9 Å². The van der Waals surface area contributed by atoms with Crippen molar-refractivity contribution in [2.75, 3.05) is 26.2 Å². The molecule has 0 unspecified atom stereocenters. The van der Waals surface area contributed by atoms with Crippen LogP contribution in [0.5, 0.6) is 5.75 Å². The van der Waals surface area contributed by atoms with Gasteiger partial charge in [0.1, 0.15) is 11.3 Å². The molecule has 0 spiro atoms. The van der Waals surface area contributed by atoms with Crippen molar-refractivity contribution >= 4 is 15.9 Å². The van der Waals surface area contributed by atoms with Gasteiger partial charge in [-0.25, -0.2) is 0 Å².